The van der Waals surface area contributed by atoms with Crippen LogP contribution in [0.1, 0.15) is 40.1 Å². The molecule has 0 N–H and O–H groups in total. The quantitative estimate of drug-likeness (QED) is 0.826. The molecule has 1 saturated heterocycles. The molecule has 0 saturated carbocycles. The van der Waals surface area contributed by atoms with Crippen LogP contribution in [0.3, 0.4) is 0 Å². The highest BCUT2D eigenvalue weighted by molar-refractivity contribution is 7.12. The van der Waals surface area contributed by atoms with Gasteiger partial charge >= 0.3 is 0 Å². The molecule has 2 aliphatic rings. The SMILES string of the molecule is Cc1ccc2c(c1)CCCN2C(=O)C1CCCN1C(=O)c1cccs1. The van der Waals surface area contributed by atoms with Crippen LogP contribution in [0.2, 0.25) is 0 Å². The molecule has 0 spiro atoms. The fourth-order valence-electron chi connectivity index (χ4n) is 3.94. The van der Waals surface area contributed by atoms with Gasteiger partial charge in [-0.1, -0.05) is 23.8 Å². The zero-order valence-corrected chi connectivity index (χ0v) is 15.2. The molecule has 4 rings (SSSR count). The molecule has 3 heterocycles. The second-order valence-electron chi connectivity index (χ2n) is 6.86. The van der Waals surface area contributed by atoms with Crippen molar-refractivity contribution >= 4 is 28.8 Å². The molecule has 0 bridgehead atoms. The maximum Gasteiger partial charge on any atom is 0.264 e. The van der Waals surface area contributed by atoms with E-state index in [1.54, 1.807) is 4.90 Å². The van der Waals surface area contributed by atoms with Gasteiger partial charge < -0.3 is 9.80 Å². The van der Waals surface area contributed by atoms with Crippen molar-refractivity contribution in [1.82, 2.24) is 4.90 Å². The Labute approximate surface area is 152 Å². The van der Waals surface area contributed by atoms with Crippen molar-refractivity contribution in [2.45, 2.75) is 38.6 Å². The van der Waals surface area contributed by atoms with Crippen LogP contribution in [0.5, 0.6) is 0 Å². The average Bonchev–Trinajstić information content (AvgIpc) is 3.31. The fraction of sp³-hybridized carbons (Fsp3) is 0.400. The lowest BCUT2D eigenvalue weighted by Gasteiger charge is -2.34. The Kier molecular flexibility index (Phi) is 4.34. The number of benzene rings is 1. The largest absolute Gasteiger partial charge is 0.326 e. The Morgan fingerprint density at radius 2 is 2.04 bits per heavy atom. The molecule has 2 amide bonds. The number of hydrogen-bond acceptors (Lipinski definition) is 3. The standard InChI is InChI=1S/C20H22N2O2S/c1-14-8-9-16-15(13-14)5-2-10-21(16)19(23)17-6-3-11-22(17)20(24)18-7-4-12-25-18/h4,7-9,12-13,17H,2-3,5-6,10-11H2,1H3. The van der Waals surface area contributed by atoms with Crippen molar-refractivity contribution in [3.05, 3.63) is 51.7 Å². The van der Waals surface area contributed by atoms with Gasteiger partial charge in [0.15, 0.2) is 0 Å². The summed E-state index contributed by atoms with van der Waals surface area (Å²) in [5, 5.41) is 1.91. The van der Waals surface area contributed by atoms with E-state index in [-0.39, 0.29) is 17.9 Å². The number of amides is 2. The molecule has 2 aromatic rings. The van der Waals surface area contributed by atoms with Crippen molar-refractivity contribution in [2.75, 3.05) is 18.0 Å². The van der Waals surface area contributed by atoms with Crippen molar-refractivity contribution in [3.63, 3.8) is 0 Å². The Bertz CT molecular complexity index is 800. The Balaban J connectivity index is 1.60. The first kappa shape index (κ1) is 16.3. The van der Waals surface area contributed by atoms with Gasteiger partial charge in [-0.25, -0.2) is 0 Å². The van der Waals surface area contributed by atoms with Crippen LogP contribution in [-0.4, -0.2) is 35.8 Å². The van der Waals surface area contributed by atoms with E-state index in [9.17, 15) is 9.59 Å². The first-order valence-electron chi connectivity index (χ1n) is 8.90. The lowest BCUT2D eigenvalue weighted by molar-refractivity contribution is -0.122. The van der Waals surface area contributed by atoms with Crippen molar-refractivity contribution in [2.24, 2.45) is 0 Å². The maximum absolute atomic E-state index is 13.3. The van der Waals surface area contributed by atoms with Gasteiger partial charge in [-0.2, -0.15) is 0 Å². The van der Waals surface area contributed by atoms with Crippen LogP contribution in [0.15, 0.2) is 35.7 Å². The Morgan fingerprint density at radius 3 is 2.84 bits per heavy atom. The predicted molar refractivity (Wildman–Crippen MR) is 100 cm³/mol. The van der Waals surface area contributed by atoms with E-state index in [2.05, 4.69) is 25.1 Å². The van der Waals surface area contributed by atoms with Gasteiger partial charge in [0, 0.05) is 18.8 Å². The van der Waals surface area contributed by atoms with E-state index < -0.39 is 0 Å². The molecule has 5 heteroatoms. The number of rotatable bonds is 2. The molecular weight excluding hydrogens is 332 g/mol. The first-order chi connectivity index (χ1) is 12.1. The summed E-state index contributed by atoms with van der Waals surface area (Å²) in [7, 11) is 0. The number of carbonyl (C=O) groups excluding carboxylic acids is 2. The molecule has 25 heavy (non-hydrogen) atoms. The van der Waals surface area contributed by atoms with Gasteiger partial charge in [-0.05, 0) is 55.7 Å². The van der Waals surface area contributed by atoms with E-state index >= 15 is 0 Å². The molecule has 1 aromatic carbocycles. The van der Waals surface area contributed by atoms with Gasteiger partial charge in [0.05, 0.1) is 4.88 Å². The molecule has 130 valence electrons. The smallest absolute Gasteiger partial charge is 0.264 e. The van der Waals surface area contributed by atoms with Crippen LogP contribution in [0.4, 0.5) is 5.69 Å². The summed E-state index contributed by atoms with van der Waals surface area (Å²) in [5.74, 6) is 0.0687. The number of fused-ring (bicyclic) bond motifs is 1. The lowest BCUT2D eigenvalue weighted by Crippen LogP contribution is -2.49. The molecule has 4 nitrogen and oxygen atoms in total. The number of nitrogens with zero attached hydrogens (tertiary/aromatic N) is 2. The third-order valence-corrected chi connectivity index (χ3v) is 6.01. The number of likely N-dealkylation sites (tertiary alicyclic amines) is 1. The highest BCUT2D eigenvalue weighted by atomic mass is 32.1. The summed E-state index contributed by atoms with van der Waals surface area (Å²) < 4.78 is 0. The monoisotopic (exact) mass is 354 g/mol. The van der Waals surface area contributed by atoms with Crippen LogP contribution in [0, 0.1) is 6.92 Å². The van der Waals surface area contributed by atoms with Gasteiger partial charge in [0.1, 0.15) is 6.04 Å². The zero-order valence-electron chi connectivity index (χ0n) is 14.4. The Hall–Kier alpha value is -2.14. The van der Waals surface area contributed by atoms with E-state index in [0.717, 1.165) is 42.8 Å². The first-order valence-corrected chi connectivity index (χ1v) is 9.78. The highest BCUT2D eigenvalue weighted by Crippen LogP contribution is 2.31. The molecule has 2 aliphatic heterocycles. The summed E-state index contributed by atoms with van der Waals surface area (Å²) in [4.78, 5) is 30.4. The van der Waals surface area contributed by atoms with Gasteiger partial charge in [0.25, 0.3) is 5.91 Å². The van der Waals surface area contributed by atoms with Crippen LogP contribution < -0.4 is 4.90 Å². The molecule has 1 unspecified atom stereocenters. The average molecular weight is 354 g/mol. The van der Waals surface area contributed by atoms with Crippen LogP contribution in [0.25, 0.3) is 0 Å². The van der Waals surface area contributed by atoms with E-state index in [1.807, 2.05) is 22.4 Å². The molecule has 0 radical (unpaired) electrons. The summed E-state index contributed by atoms with van der Waals surface area (Å²) >= 11 is 1.44. The summed E-state index contributed by atoms with van der Waals surface area (Å²) in [6.45, 7) is 3.49. The third-order valence-electron chi connectivity index (χ3n) is 5.15. The fourth-order valence-corrected chi connectivity index (χ4v) is 4.62. The summed E-state index contributed by atoms with van der Waals surface area (Å²) in [6.07, 6.45) is 3.65. The molecule has 1 atom stereocenters. The van der Waals surface area contributed by atoms with Crippen LogP contribution >= 0.6 is 11.3 Å². The third kappa shape index (κ3) is 2.97. The summed E-state index contributed by atoms with van der Waals surface area (Å²) in [6, 6.07) is 9.69. The van der Waals surface area contributed by atoms with E-state index in [4.69, 9.17) is 0 Å². The molecule has 1 fully saturated rings. The zero-order chi connectivity index (χ0) is 17.4. The maximum atomic E-state index is 13.3. The van der Waals surface area contributed by atoms with Gasteiger partial charge in [-0.15, -0.1) is 11.3 Å². The minimum atomic E-state index is -0.332. The number of anilines is 1. The Morgan fingerprint density at radius 1 is 1.16 bits per heavy atom. The van der Waals surface area contributed by atoms with Crippen molar-refractivity contribution in [1.29, 1.82) is 0 Å². The highest BCUT2D eigenvalue weighted by Gasteiger charge is 2.38. The van der Waals surface area contributed by atoms with Crippen molar-refractivity contribution < 1.29 is 9.59 Å². The van der Waals surface area contributed by atoms with E-state index in [0.29, 0.717) is 6.54 Å². The number of carbonyl (C=O) groups is 2. The summed E-state index contributed by atoms with van der Waals surface area (Å²) in [5.41, 5.74) is 3.49. The topological polar surface area (TPSA) is 40.6 Å². The van der Waals surface area contributed by atoms with Crippen molar-refractivity contribution in [3.8, 4) is 0 Å². The van der Waals surface area contributed by atoms with E-state index in [1.165, 1.54) is 22.5 Å². The predicted octanol–water partition coefficient (Wildman–Crippen LogP) is 3.64. The minimum Gasteiger partial charge on any atom is -0.326 e. The van der Waals surface area contributed by atoms with Crippen LogP contribution in [-0.2, 0) is 11.2 Å². The minimum absolute atomic E-state index is 0.00742. The number of hydrogen-bond donors (Lipinski definition) is 0. The second kappa shape index (κ2) is 6.64. The normalized spacial score (nSPS) is 19.8. The van der Waals surface area contributed by atoms with Gasteiger partial charge in [-0.3, -0.25) is 9.59 Å². The van der Waals surface area contributed by atoms with Gasteiger partial charge in [0.2, 0.25) is 5.91 Å². The molecular formula is C20H22N2O2S. The number of thiophene rings is 1. The molecule has 1 aromatic heterocycles. The second-order valence-corrected chi connectivity index (χ2v) is 7.81. The lowest BCUT2D eigenvalue weighted by atomic mass is 9.98. The molecule has 0 aliphatic carbocycles. The number of aryl methyl sites for hydroxylation is 2.